The molecule has 2 N–H and O–H groups in total. The highest BCUT2D eigenvalue weighted by molar-refractivity contribution is 7.89. The Labute approximate surface area is 186 Å². The average molecular weight is 460 g/mol. The van der Waals surface area contributed by atoms with Gasteiger partial charge in [0.1, 0.15) is 11.6 Å². The fraction of sp³-hybridized carbons (Fsp3) is 0.364. The summed E-state index contributed by atoms with van der Waals surface area (Å²) in [6.07, 6.45) is 0.713. The minimum Gasteiger partial charge on any atom is -0.490 e. The van der Waals surface area contributed by atoms with Crippen LogP contribution in [-0.2, 0) is 14.8 Å². The van der Waals surface area contributed by atoms with E-state index < -0.39 is 22.0 Å². The van der Waals surface area contributed by atoms with Gasteiger partial charge in [0.05, 0.1) is 18.1 Å². The number of fused-ring (bicyclic) bond motifs is 2. The number of oxazole rings is 1. The number of rotatable bonds is 6. The van der Waals surface area contributed by atoms with Gasteiger partial charge in [-0.15, -0.1) is 0 Å². The fourth-order valence-corrected chi connectivity index (χ4v) is 4.74. The summed E-state index contributed by atoms with van der Waals surface area (Å²) in [4.78, 5) is 17.2. The van der Waals surface area contributed by atoms with Crippen molar-refractivity contribution in [3.05, 3.63) is 42.3 Å². The van der Waals surface area contributed by atoms with Gasteiger partial charge in [-0.3, -0.25) is 4.79 Å². The van der Waals surface area contributed by atoms with Gasteiger partial charge in [0.2, 0.25) is 15.9 Å². The lowest BCUT2D eigenvalue weighted by atomic mass is 10.0. The van der Waals surface area contributed by atoms with Crippen molar-refractivity contribution in [3.63, 3.8) is 0 Å². The van der Waals surface area contributed by atoms with Crippen molar-refractivity contribution < 1.29 is 27.1 Å². The third-order valence-corrected chi connectivity index (χ3v) is 6.46. The van der Waals surface area contributed by atoms with Crippen molar-refractivity contribution in [1.82, 2.24) is 9.71 Å². The van der Waals surface area contributed by atoms with Gasteiger partial charge in [0.15, 0.2) is 23.0 Å². The van der Waals surface area contributed by atoms with Crippen molar-refractivity contribution in [2.24, 2.45) is 5.92 Å². The van der Waals surface area contributed by atoms with E-state index in [9.17, 15) is 13.2 Å². The maximum atomic E-state index is 13.0. The standard InChI is InChI=1S/C22H25N3O6S/c1-13(2)21(22(26)24-15-5-7-18-17(11-15)23-14(3)31-18)25-32(27,28)16-6-8-19-20(12-16)30-10-4-9-29-19/h5-8,11-13,21,25H,4,9-10H2,1-3H3,(H,24,26). The van der Waals surface area contributed by atoms with Gasteiger partial charge in [0.25, 0.3) is 0 Å². The quantitative estimate of drug-likeness (QED) is 0.581. The molecule has 1 aliphatic rings. The summed E-state index contributed by atoms with van der Waals surface area (Å²) < 4.78 is 45.2. The molecule has 1 amide bonds. The predicted octanol–water partition coefficient (Wildman–Crippen LogP) is 3.24. The number of nitrogens with one attached hydrogen (secondary N) is 2. The number of carbonyl (C=O) groups is 1. The molecule has 1 aromatic heterocycles. The van der Waals surface area contributed by atoms with Crippen LogP contribution in [0.2, 0.25) is 0 Å². The van der Waals surface area contributed by atoms with Crippen LogP contribution < -0.4 is 19.5 Å². The number of hydrogen-bond acceptors (Lipinski definition) is 7. The van der Waals surface area contributed by atoms with E-state index in [2.05, 4.69) is 15.0 Å². The smallest absolute Gasteiger partial charge is 0.242 e. The lowest BCUT2D eigenvalue weighted by molar-refractivity contribution is -0.118. The molecule has 9 nitrogen and oxygen atoms in total. The Kier molecular flexibility index (Phi) is 6.07. The van der Waals surface area contributed by atoms with E-state index in [1.807, 2.05) is 0 Å². The third-order valence-electron chi connectivity index (χ3n) is 5.02. The van der Waals surface area contributed by atoms with Gasteiger partial charge in [0, 0.05) is 25.1 Å². The van der Waals surface area contributed by atoms with Crippen LogP contribution in [-0.4, -0.2) is 38.6 Å². The van der Waals surface area contributed by atoms with E-state index in [4.69, 9.17) is 13.9 Å². The summed E-state index contributed by atoms with van der Waals surface area (Å²) >= 11 is 0. The number of anilines is 1. The van der Waals surface area contributed by atoms with Crippen LogP contribution >= 0.6 is 0 Å². The molecule has 170 valence electrons. The molecule has 32 heavy (non-hydrogen) atoms. The lowest BCUT2D eigenvalue weighted by Crippen LogP contribution is -2.47. The van der Waals surface area contributed by atoms with Crippen molar-refractivity contribution in [1.29, 1.82) is 0 Å². The normalized spacial score (nSPS) is 14.9. The zero-order valence-corrected chi connectivity index (χ0v) is 18.9. The third kappa shape index (κ3) is 4.71. The molecule has 2 aromatic carbocycles. The molecule has 2 heterocycles. The average Bonchev–Trinajstić information content (AvgIpc) is 2.95. The van der Waals surface area contributed by atoms with E-state index in [-0.39, 0.29) is 10.8 Å². The number of amides is 1. The molecule has 0 radical (unpaired) electrons. The summed E-state index contributed by atoms with van der Waals surface area (Å²) in [6, 6.07) is 8.49. The number of benzene rings is 2. The van der Waals surface area contributed by atoms with Gasteiger partial charge >= 0.3 is 0 Å². The number of ether oxygens (including phenoxy) is 2. The minimum absolute atomic E-state index is 0.000285. The molecular weight excluding hydrogens is 434 g/mol. The highest BCUT2D eigenvalue weighted by Crippen LogP contribution is 2.32. The highest BCUT2D eigenvalue weighted by atomic mass is 32.2. The molecule has 3 aromatic rings. The van der Waals surface area contributed by atoms with Gasteiger partial charge in [-0.2, -0.15) is 4.72 Å². The van der Waals surface area contributed by atoms with Crippen LogP contribution in [0.4, 0.5) is 5.69 Å². The van der Waals surface area contributed by atoms with Crippen molar-refractivity contribution >= 4 is 32.7 Å². The minimum atomic E-state index is -3.99. The van der Waals surface area contributed by atoms with Gasteiger partial charge < -0.3 is 19.2 Å². The van der Waals surface area contributed by atoms with Crippen LogP contribution in [0.1, 0.15) is 26.2 Å². The Hall–Kier alpha value is -3.11. The second-order valence-corrected chi connectivity index (χ2v) is 9.62. The first kappa shape index (κ1) is 22.1. The van der Waals surface area contributed by atoms with Gasteiger partial charge in [-0.25, -0.2) is 13.4 Å². The Morgan fingerprint density at radius 3 is 2.56 bits per heavy atom. The number of aromatic nitrogens is 1. The second kappa shape index (κ2) is 8.79. The SMILES string of the molecule is Cc1nc2cc(NC(=O)C(NS(=O)(=O)c3ccc4c(c3)OCCCO4)C(C)C)ccc2o1. The fourth-order valence-electron chi connectivity index (χ4n) is 3.38. The lowest BCUT2D eigenvalue weighted by Gasteiger charge is -2.22. The van der Waals surface area contributed by atoms with E-state index in [1.54, 1.807) is 45.0 Å². The monoisotopic (exact) mass is 459 g/mol. The Morgan fingerprint density at radius 2 is 1.81 bits per heavy atom. The number of carbonyl (C=O) groups excluding carboxylic acids is 1. The summed E-state index contributed by atoms with van der Waals surface area (Å²) in [5, 5.41) is 2.76. The second-order valence-electron chi connectivity index (χ2n) is 7.91. The summed E-state index contributed by atoms with van der Waals surface area (Å²) in [5.41, 5.74) is 1.71. The number of hydrogen-bond donors (Lipinski definition) is 2. The van der Waals surface area contributed by atoms with Crippen molar-refractivity contribution in [3.8, 4) is 11.5 Å². The highest BCUT2D eigenvalue weighted by Gasteiger charge is 2.29. The molecule has 0 spiro atoms. The maximum absolute atomic E-state index is 13.0. The predicted molar refractivity (Wildman–Crippen MR) is 118 cm³/mol. The molecule has 1 unspecified atom stereocenters. The number of nitrogens with zero attached hydrogens (tertiary/aromatic N) is 1. The molecular formula is C22H25N3O6S. The van der Waals surface area contributed by atoms with Crippen molar-refractivity contribution in [2.45, 2.75) is 38.1 Å². The molecule has 1 aliphatic heterocycles. The van der Waals surface area contributed by atoms with Crippen LogP contribution in [0.15, 0.2) is 45.7 Å². The summed E-state index contributed by atoms with van der Waals surface area (Å²) in [7, 11) is -3.99. The molecule has 0 saturated heterocycles. The van der Waals surface area contributed by atoms with E-state index in [0.717, 1.165) is 0 Å². The van der Waals surface area contributed by atoms with Gasteiger partial charge in [-0.05, 0) is 36.2 Å². The molecule has 0 aliphatic carbocycles. The zero-order chi connectivity index (χ0) is 22.9. The molecule has 10 heteroatoms. The first-order chi connectivity index (χ1) is 15.2. The summed E-state index contributed by atoms with van der Waals surface area (Å²) in [6.45, 7) is 6.22. The molecule has 0 saturated carbocycles. The molecule has 0 fully saturated rings. The first-order valence-electron chi connectivity index (χ1n) is 10.3. The van der Waals surface area contributed by atoms with Crippen LogP contribution in [0.5, 0.6) is 11.5 Å². The van der Waals surface area contributed by atoms with E-state index in [1.165, 1.54) is 12.1 Å². The molecule has 0 bridgehead atoms. The Morgan fingerprint density at radius 1 is 1.06 bits per heavy atom. The zero-order valence-electron chi connectivity index (χ0n) is 18.0. The first-order valence-corrected chi connectivity index (χ1v) is 11.8. The number of sulfonamides is 1. The van der Waals surface area contributed by atoms with E-state index >= 15 is 0 Å². The topological polar surface area (TPSA) is 120 Å². The van der Waals surface area contributed by atoms with Crippen LogP contribution in [0.25, 0.3) is 11.1 Å². The Bertz CT molecular complexity index is 1250. The van der Waals surface area contributed by atoms with E-state index in [0.29, 0.717) is 53.8 Å². The summed E-state index contributed by atoms with van der Waals surface area (Å²) in [5.74, 6) is 0.609. The Balaban J connectivity index is 1.54. The van der Waals surface area contributed by atoms with Crippen molar-refractivity contribution in [2.75, 3.05) is 18.5 Å². The van der Waals surface area contributed by atoms with Crippen LogP contribution in [0.3, 0.4) is 0 Å². The maximum Gasteiger partial charge on any atom is 0.242 e. The van der Waals surface area contributed by atoms with Crippen LogP contribution in [0, 0.1) is 12.8 Å². The van der Waals surface area contributed by atoms with Gasteiger partial charge in [-0.1, -0.05) is 13.8 Å². The molecule has 4 rings (SSSR count). The molecule has 1 atom stereocenters. The number of aryl methyl sites for hydroxylation is 1. The largest absolute Gasteiger partial charge is 0.490 e.